The largest absolute Gasteiger partial charge is 0.444 e. The molecular formula is C37H59FN6O5. The van der Waals surface area contributed by atoms with Crippen molar-refractivity contribution < 1.29 is 28.2 Å². The second-order valence-corrected chi connectivity index (χ2v) is 17.1. The molecule has 0 aromatic rings. The number of alkyl carbamates (subject to hydrolysis) is 1. The van der Waals surface area contributed by atoms with Crippen molar-refractivity contribution >= 4 is 17.8 Å². The van der Waals surface area contributed by atoms with Crippen LogP contribution in [0.1, 0.15) is 78.6 Å². The number of likely N-dealkylation sites (N-methyl/N-ethyl adjacent to an activating group) is 1. The number of alkyl halides is 1. The zero-order valence-electron chi connectivity index (χ0n) is 30.1. The molecule has 274 valence electrons. The van der Waals surface area contributed by atoms with Gasteiger partial charge in [-0.3, -0.25) is 14.5 Å². The van der Waals surface area contributed by atoms with Gasteiger partial charge in [0.15, 0.2) is 5.78 Å². The highest BCUT2D eigenvalue weighted by molar-refractivity contribution is 6.20. The lowest BCUT2D eigenvalue weighted by atomic mass is 9.64. The number of hydrogen-bond acceptors (Lipinski definition) is 9. The molecule has 9 unspecified atom stereocenters. The Bertz CT molecular complexity index is 1270. The Morgan fingerprint density at radius 3 is 2.47 bits per heavy atom. The van der Waals surface area contributed by atoms with E-state index in [1.165, 1.54) is 25.7 Å². The van der Waals surface area contributed by atoms with Gasteiger partial charge in [-0.1, -0.05) is 25.7 Å². The van der Waals surface area contributed by atoms with Gasteiger partial charge in [0.25, 0.3) is 5.91 Å². The molecule has 0 spiro atoms. The zero-order chi connectivity index (χ0) is 34.4. The topological polar surface area (TPSA) is 107 Å². The molecule has 3 saturated heterocycles. The van der Waals surface area contributed by atoms with Gasteiger partial charge in [0, 0.05) is 64.0 Å². The van der Waals surface area contributed by atoms with Gasteiger partial charge in [-0.15, -0.1) is 0 Å². The minimum absolute atomic E-state index is 0.0651. The Labute approximate surface area is 291 Å². The van der Waals surface area contributed by atoms with Crippen LogP contribution in [-0.4, -0.2) is 145 Å². The summed E-state index contributed by atoms with van der Waals surface area (Å²) in [4.78, 5) is 49.5. The molecule has 4 heterocycles. The molecule has 12 heteroatoms. The maximum atomic E-state index is 16.6. The molecule has 4 aliphatic heterocycles. The van der Waals surface area contributed by atoms with Crippen molar-refractivity contribution in [1.82, 2.24) is 30.2 Å². The van der Waals surface area contributed by atoms with E-state index in [9.17, 15) is 14.4 Å². The van der Waals surface area contributed by atoms with Crippen LogP contribution in [0.5, 0.6) is 0 Å². The smallest absolute Gasteiger partial charge is 0.407 e. The summed E-state index contributed by atoms with van der Waals surface area (Å²) < 4.78 is 29.1. The summed E-state index contributed by atoms with van der Waals surface area (Å²) in [6.07, 6.45) is 8.01. The van der Waals surface area contributed by atoms with Crippen molar-refractivity contribution in [3.05, 3.63) is 11.8 Å². The highest BCUT2D eigenvalue weighted by Gasteiger charge is 2.61. The number of carbonyl (C=O) groups is 3. The molecule has 10 atom stereocenters. The van der Waals surface area contributed by atoms with Gasteiger partial charge in [0.05, 0.1) is 35.9 Å². The molecule has 3 saturated carbocycles. The Morgan fingerprint density at radius 2 is 1.73 bits per heavy atom. The number of piperazine rings is 1. The van der Waals surface area contributed by atoms with Crippen LogP contribution in [0, 0.1) is 17.8 Å². The van der Waals surface area contributed by atoms with Crippen molar-refractivity contribution in [1.29, 1.82) is 0 Å². The molecular weight excluding hydrogens is 627 g/mol. The highest BCUT2D eigenvalue weighted by atomic mass is 19.1. The number of rotatable bonds is 7. The lowest BCUT2D eigenvalue weighted by Crippen LogP contribution is -2.73. The predicted octanol–water partition coefficient (Wildman–Crippen LogP) is 2.94. The molecule has 0 aromatic carbocycles. The standard InChI is InChI=1S/C37H59FN6O5/c1-37(2,3)49-36(47)40-25-10-13-43(21-25)32-28(38)20-26-31-34(32)48-30-19-24-9-6-5-8-23(24)18-29(30)44(31)22-27(33(26)45)35(46)39-11-7-12-42-16-14-41(4)15-17-42/h22-26,28-32,34H,5-21H2,1-4H3,(H,39,46)(H,40,47)/t23?,24?,25-,26?,28?,29?,30?,31?,32?,34?/m1/s1. The van der Waals surface area contributed by atoms with E-state index in [0.29, 0.717) is 37.9 Å². The number of morpholine rings is 1. The summed E-state index contributed by atoms with van der Waals surface area (Å²) in [5, 5.41) is 6.03. The van der Waals surface area contributed by atoms with Gasteiger partial charge in [0.2, 0.25) is 0 Å². The quantitative estimate of drug-likeness (QED) is 0.309. The molecule has 7 aliphatic rings. The fourth-order valence-corrected chi connectivity index (χ4v) is 10.2. The summed E-state index contributed by atoms with van der Waals surface area (Å²) in [6.45, 7) is 12.2. The predicted molar refractivity (Wildman–Crippen MR) is 184 cm³/mol. The maximum Gasteiger partial charge on any atom is 0.407 e. The van der Waals surface area contributed by atoms with Crippen LogP contribution in [0.3, 0.4) is 0 Å². The van der Waals surface area contributed by atoms with Crippen molar-refractivity contribution in [2.24, 2.45) is 17.8 Å². The van der Waals surface area contributed by atoms with Crippen LogP contribution in [0.4, 0.5) is 9.18 Å². The van der Waals surface area contributed by atoms with Gasteiger partial charge < -0.3 is 34.8 Å². The third kappa shape index (κ3) is 7.53. The number of fused-ring (bicyclic) bond motifs is 3. The van der Waals surface area contributed by atoms with E-state index in [1.807, 2.05) is 27.0 Å². The van der Waals surface area contributed by atoms with Crippen LogP contribution in [0.2, 0.25) is 0 Å². The van der Waals surface area contributed by atoms with Gasteiger partial charge in [-0.05, 0) is 78.3 Å². The number of hydrogen-bond donors (Lipinski definition) is 2. The molecule has 0 bridgehead atoms. The first-order valence-electron chi connectivity index (χ1n) is 19.2. The third-order valence-corrected chi connectivity index (χ3v) is 12.6. The Hall–Kier alpha value is -2.28. The number of nitrogens with zero attached hydrogens (tertiary/aromatic N) is 4. The van der Waals surface area contributed by atoms with E-state index in [1.54, 1.807) is 0 Å². The fourth-order valence-electron chi connectivity index (χ4n) is 10.2. The van der Waals surface area contributed by atoms with Crippen LogP contribution in [-0.2, 0) is 19.1 Å². The third-order valence-electron chi connectivity index (χ3n) is 12.6. The van der Waals surface area contributed by atoms with E-state index in [-0.39, 0.29) is 47.9 Å². The first-order valence-corrected chi connectivity index (χ1v) is 19.2. The fraction of sp³-hybridized carbons (Fsp3) is 0.865. The summed E-state index contributed by atoms with van der Waals surface area (Å²) in [7, 11) is 2.14. The number of likely N-dealkylation sites (tertiary alicyclic amines) is 1. The summed E-state index contributed by atoms with van der Waals surface area (Å²) in [5.41, 5.74) is -0.418. The van der Waals surface area contributed by atoms with Gasteiger partial charge in [-0.25, -0.2) is 9.18 Å². The van der Waals surface area contributed by atoms with Crippen LogP contribution in [0.25, 0.3) is 0 Å². The molecule has 49 heavy (non-hydrogen) atoms. The number of halogens is 1. The zero-order valence-corrected chi connectivity index (χ0v) is 30.1. The maximum absolute atomic E-state index is 16.6. The minimum Gasteiger partial charge on any atom is -0.444 e. The first kappa shape index (κ1) is 35.1. The van der Waals surface area contributed by atoms with Gasteiger partial charge in [0.1, 0.15) is 11.8 Å². The first-order chi connectivity index (χ1) is 23.4. The number of ether oxygens (including phenoxy) is 2. The molecule has 11 nitrogen and oxygen atoms in total. The van der Waals surface area contributed by atoms with E-state index >= 15 is 4.39 Å². The van der Waals surface area contributed by atoms with Gasteiger partial charge in [-0.2, -0.15) is 0 Å². The molecule has 0 radical (unpaired) electrons. The summed E-state index contributed by atoms with van der Waals surface area (Å²) in [6, 6.07) is -0.902. The van der Waals surface area contributed by atoms with Crippen molar-refractivity contribution in [2.75, 3.05) is 59.4 Å². The summed E-state index contributed by atoms with van der Waals surface area (Å²) in [5.74, 6) is 0.0241. The number of amides is 2. The Balaban J connectivity index is 1.08. The van der Waals surface area contributed by atoms with Crippen molar-refractivity contribution in [3.8, 4) is 0 Å². The molecule has 6 fully saturated rings. The number of Topliss-reactive ketones (excluding diaryl/α,β-unsaturated/α-hetero) is 1. The molecule has 3 aliphatic carbocycles. The van der Waals surface area contributed by atoms with E-state index in [4.69, 9.17) is 9.47 Å². The van der Waals surface area contributed by atoms with E-state index < -0.39 is 35.9 Å². The number of nitrogens with one attached hydrogen (secondary N) is 2. The second-order valence-electron chi connectivity index (χ2n) is 17.1. The second kappa shape index (κ2) is 14.4. The summed E-state index contributed by atoms with van der Waals surface area (Å²) >= 11 is 0. The molecule has 7 rings (SSSR count). The minimum atomic E-state index is -1.29. The Kier molecular flexibility index (Phi) is 10.3. The lowest BCUT2D eigenvalue weighted by Gasteiger charge is -2.61. The highest BCUT2D eigenvalue weighted by Crippen LogP contribution is 2.51. The molecule has 2 amide bonds. The number of ketones is 1. The average Bonchev–Trinajstić information content (AvgIpc) is 3.50. The normalized spacial score (nSPS) is 38.6. The molecule has 2 N–H and O–H groups in total. The van der Waals surface area contributed by atoms with E-state index in [2.05, 4.69) is 37.3 Å². The lowest BCUT2D eigenvalue weighted by molar-refractivity contribution is -0.219. The monoisotopic (exact) mass is 686 g/mol. The average molecular weight is 687 g/mol. The van der Waals surface area contributed by atoms with Crippen molar-refractivity contribution in [2.45, 2.75) is 127 Å². The van der Waals surface area contributed by atoms with Gasteiger partial charge >= 0.3 is 6.09 Å². The van der Waals surface area contributed by atoms with E-state index in [0.717, 1.165) is 52.0 Å². The van der Waals surface area contributed by atoms with Crippen LogP contribution in [0.15, 0.2) is 11.8 Å². The van der Waals surface area contributed by atoms with Crippen molar-refractivity contribution in [3.63, 3.8) is 0 Å². The Morgan fingerprint density at radius 1 is 1.00 bits per heavy atom. The van der Waals surface area contributed by atoms with Crippen LogP contribution < -0.4 is 10.6 Å². The molecule has 0 aromatic heterocycles. The number of carbonyl (C=O) groups excluding carboxylic acids is 3. The SMILES string of the molecule is CN1CCN(CCCNC(=O)C2=CN3C4CC5CCCCC5CC4OC4C(N5CC[C@@H](NC(=O)OC(C)(C)C)C5)C(F)CC(C2=O)C43)CC1. The van der Waals surface area contributed by atoms with Crippen LogP contribution >= 0.6 is 0 Å².